The molecule has 8 heteroatoms. The fraction of sp³-hybridized carbons (Fsp3) is 0.559. The fourth-order valence-electron chi connectivity index (χ4n) is 5.08. The van der Waals surface area contributed by atoms with Crippen LogP contribution >= 0.6 is 0 Å². The van der Waals surface area contributed by atoms with Crippen LogP contribution in [0.15, 0.2) is 48.5 Å². The molecule has 8 nitrogen and oxygen atoms in total. The first kappa shape index (κ1) is 37.0. The summed E-state index contributed by atoms with van der Waals surface area (Å²) >= 11 is 0. The molecule has 2 N–H and O–H groups in total. The van der Waals surface area contributed by atoms with Crippen LogP contribution in [0.3, 0.4) is 0 Å². The summed E-state index contributed by atoms with van der Waals surface area (Å²) in [6.45, 7) is 18.5. The molecule has 1 fully saturated rings. The zero-order valence-corrected chi connectivity index (χ0v) is 27.2. The molecule has 0 aliphatic carbocycles. The van der Waals surface area contributed by atoms with Gasteiger partial charge in [-0.15, -0.1) is 0 Å². The summed E-state index contributed by atoms with van der Waals surface area (Å²) in [6, 6.07) is 15.8. The molecule has 42 heavy (non-hydrogen) atoms. The highest BCUT2D eigenvalue weighted by molar-refractivity contribution is 6.03. The van der Waals surface area contributed by atoms with Crippen molar-refractivity contribution in [3.05, 3.63) is 65.2 Å². The van der Waals surface area contributed by atoms with Gasteiger partial charge in [0.1, 0.15) is 11.9 Å². The van der Waals surface area contributed by atoms with Gasteiger partial charge in [0.15, 0.2) is 5.78 Å². The third-order valence-corrected chi connectivity index (χ3v) is 7.63. The van der Waals surface area contributed by atoms with Crippen molar-refractivity contribution in [3.8, 4) is 0 Å². The molecule has 1 aliphatic heterocycles. The summed E-state index contributed by atoms with van der Waals surface area (Å²) in [6.07, 6.45) is 3.38. The molecule has 3 rings (SSSR count). The summed E-state index contributed by atoms with van der Waals surface area (Å²) in [5.41, 5.74) is 7.24. The van der Waals surface area contributed by atoms with Crippen molar-refractivity contribution in [2.45, 2.75) is 71.9 Å². The van der Waals surface area contributed by atoms with E-state index in [1.807, 2.05) is 64.2 Å². The van der Waals surface area contributed by atoms with Crippen LogP contribution in [0.2, 0.25) is 0 Å². The van der Waals surface area contributed by atoms with Crippen LogP contribution in [0.5, 0.6) is 0 Å². The minimum Gasteiger partial charge on any atom is -0.462 e. The lowest BCUT2D eigenvalue weighted by Crippen LogP contribution is -2.54. The zero-order chi connectivity index (χ0) is 31.8. The van der Waals surface area contributed by atoms with Gasteiger partial charge in [-0.3, -0.25) is 24.2 Å². The van der Waals surface area contributed by atoms with E-state index in [1.165, 1.54) is 25.7 Å². The Morgan fingerprint density at radius 2 is 1.50 bits per heavy atom. The fourth-order valence-corrected chi connectivity index (χ4v) is 5.08. The van der Waals surface area contributed by atoms with E-state index in [0.717, 1.165) is 50.1 Å². The van der Waals surface area contributed by atoms with Crippen molar-refractivity contribution < 1.29 is 19.1 Å². The summed E-state index contributed by atoms with van der Waals surface area (Å²) in [5, 5.41) is 0. The molecule has 2 aromatic rings. The molecular formula is C34H54N4O4. The van der Waals surface area contributed by atoms with E-state index in [-0.39, 0.29) is 11.4 Å². The van der Waals surface area contributed by atoms with Gasteiger partial charge >= 0.3 is 0 Å². The van der Waals surface area contributed by atoms with Gasteiger partial charge in [0.2, 0.25) is 0 Å². The molecule has 234 valence electrons. The molecule has 1 saturated heterocycles. The Balaban J connectivity index is 0.000000858. The van der Waals surface area contributed by atoms with E-state index in [4.69, 9.17) is 0 Å². The summed E-state index contributed by atoms with van der Waals surface area (Å²) in [4.78, 5) is 41.6. The molecule has 1 atom stereocenters. The van der Waals surface area contributed by atoms with Crippen molar-refractivity contribution in [2.24, 2.45) is 5.73 Å². The maximum absolute atomic E-state index is 13.9. The van der Waals surface area contributed by atoms with Crippen LogP contribution in [0.4, 0.5) is 5.69 Å². The van der Waals surface area contributed by atoms with Crippen molar-refractivity contribution >= 4 is 24.2 Å². The third kappa shape index (κ3) is 11.0. The largest absolute Gasteiger partial charge is 0.462 e. The highest BCUT2D eigenvalue weighted by Crippen LogP contribution is 2.30. The van der Waals surface area contributed by atoms with Gasteiger partial charge in [0.05, 0.1) is 5.54 Å². The van der Waals surface area contributed by atoms with Crippen LogP contribution in [0.1, 0.15) is 80.7 Å². The molecule has 0 radical (unpaired) electrons. The van der Waals surface area contributed by atoms with E-state index in [9.17, 15) is 14.4 Å². The van der Waals surface area contributed by atoms with E-state index in [0.29, 0.717) is 24.9 Å². The van der Waals surface area contributed by atoms with E-state index in [1.54, 1.807) is 0 Å². The van der Waals surface area contributed by atoms with E-state index >= 15 is 0 Å². The second-order valence-corrected chi connectivity index (χ2v) is 11.5. The smallest absolute Gasteiger partial charge is 0.293 e. The van der Waals surface area contributed by atoms with Gasteiger partial charge in [-0.2, -0.15) is 0 Å². The van der Waals surface area contributed by atoms with Gasteiger partial charge in [0, 0.05) is 43.0 Å². The highest BCUT2D eigenvalue weighted by atomic mass is 16.5. The van der Waals surface area contributed by atoms with Crippen molar-refractivity contribution in [1.29, 1.82) is 0 Å². The Bertz CT molecular complexity index is 1060. The van der Waals surface area contributed by atoms with Crippen molar-refractivity contribution in [3.63, 3.8) is 0 Å². The minimum atomic E-state index is -0.620. The monoisotopic (exact) mass is 582 g/mol. The number of aldehydes is 1. The maximum atomic E-state index is 13.9. The topological polar surface area (TPSA) is 96.2 Å². The van der Waals surface area contributed by atoms with Gasteiger partial charge in [-0.05, 0) is 97.0 Å². The number of rotatable bonds is 12. The predicted molar refractivity (Wildman–Crippen MR) is 174 cm³/mol. The SMILES string of the molecule is CC(C)(C)OC=O.CCCN1CCN(c2ccc(C(=O)C(CC)(Cc3ccc(C=O)cc3)N(C)CC)cc2)CC1.CN. The van der Waals surface area contributed by atoms with Crippen LogP contribution in [0, 0.1) is 0 Å². The van der Waals surface area contributed by atoms with Crippen molar-refractivity contribution in [2.75, 3.05) is 58.3 Å². The summed E-state index contributed by atoms with van der Waals surface area (Å²) < 4.78 is 4.55. The molecule has 0 spiro atoms. The molecule has 0 bridgehead atoms. The molecule has 1 heterocycles. The van der Waals surface area contributed by atoms with Gasteiger partial charge in [-0.25, -0.2) is 0 Å². The lowest BCUT2D eigenvalue weighted by atomic mass is 9.79. The average molecular weight is 583 g/mol. The van der Waals surface area contributed by atoms with Gasteiger partial charge < -0.3 is 15.4 Å². The Morgan fingerprint density at radius 3 is 1.90 bits per heavy atom. The third-order valence-electron chi connectivity index (χ3n) is 7.63. The van der Waals surface area contributed by atoms with Gasteiger partial charge in [-0.1, -0.05) is 45.0 Å². The average Bonchev–Trinajstić information content (AvgIpc) is 3.01. The molecule has 1 unspecified atom stereocenters. The Hall–Kier alpha value is -3.07. The number of benzene rings is 2. The second kappa shape index (κ2) is 18.5. The number of hydrogen-bond donors (Lipinski definition) is 1. The molecule has 1 aliphatic rings. The summed E-state index contributed by atoms with van der Waals surface area (Å²) in [5.74, 6) is 0.160. The number of nitrogens with two attached hydrogens (primary N) is 1. The normalized spacial score (nSPS) is 15.0. The number of ketones is 1. The Morgan fingerprint density at radius 1 is 0.929 bits per heavy atom. The first-order valence-corrected chi connectivity index (χ1v) is 15.1. The maximum Gasteiger partial charge on any atom is 0.293 e. The molecule has 2 aromatic carbocycles. The number of nitrogens with zero attached hydrogens (tertiary/aromatic N) is 3. The van der Waals surface area contributed by atoms with Crippen LogP contribution in [-0.2, 0) is 16.0 Å². The molecule has 0 aromatic heterocycles. The number of likely N-dealkylation sites (N-methyl/N-ethyl adjacent to an activating group) is 1. The van der Waals surface area contributed by atoms with Crippen LogP contribution in [0.25, 0.3) is 0 Å². The van der Waals surface area contributed by atoms with E-state index < -0.39 is 5.54 Å². The lowest BCUT2D eigenvalue weighted by molar-refractivity contribution is -0.138. The zero-order valence-electron chi connectivity index (χ0n) is 27.2. The number of piperazine rings is 1. The van der Waals surface area contributed by atoms with Crippen LogP contribution in [-0.4, -0.2) is 92.8 Å². The number of carbonyl (C=O) groups is 3. The second-order valence-electron chi connectivity index (χ2n) is 11.5. The van der Waals surface area contributed by atoms with E-state index in [2.05, 4.69) is 58.1 Å². The highest BCUT2D eigenvalue weighted by Gasteiger charge is 2.40. The summed E-state index contributed by atoms with van der Waals surface area (Å²) in [7, 11) is 3.53. The number of ether oxygens (including phenoxy) is 1. The van der Waals surface area contributed by atoms with Crippen LogP contribution < -0.4 is 10.6 Å². The quantitative estimate of drug-likeness (QED) is 0.273. The van der Waals surface area contributed by atoms with Gasteiger partial charge in [0.25, 0.3) is 6.47 Å². The van der Waals surface area contributed by atoms with Crippen molar-refractivity contribution in [1.82, 2.24) is 9.80 Å². The lowest BCUT2D eigenvalue weighted by Gasteiger charge is -2.40. The Labute approximate surface area is 254 Å². The predicted octanol–water partition coefficient (Wildman–Crippen LogP) is 5.09. The number of anilines is 1. The number of carbonyl (C=O) groups excluding carboxylic acids is 3. The molecule has 0 saturated carbocycles. The molecule has 0 amide bonds. The first-order chi connectivity index (χ1) is 20.0. The minimum absolute atomic E-state index is 0.160. The standard InChI is InChI=1S/C28H39N3O2.C5H10O2.CH5N/c1-5-16-30-17-19-31(20-18-30)26-14-12-25(13-15-26)27(33)28(6-2,29(4)7-3)21-23-8-10-24(22-32)11-9-23;1-5(2,3)7-4-6;1-2/h8-15,22H,5-7,16-21H2,1-4H3;4H,1-3H3;2H2,1H3. The first-order valence-electron chi connectivity index (χ1n) is 15.1. The number of hydrogen-bond acceptors (Lipinski definition) is 8. The Kier molecular flexibility index (Phi) is 16.2. The number of Topliss-reactive ketones (excluding diaryl/α,β-unsaturated/α-hetero) is 1. The molecular weight excluding hydrogens is 528 g/mol.